The Morgan fingerprint density at radius 2 is 1.47 bits per heavy atom. The summed E-state index contributed by atoms with van der Waals surface area (Å²) in [5, 5.41) is 0.120. The molecule has 0 aliphatic carbocycles. The number of unbranched alkanes of at least 4 members (excludes halogenated alkanes) is 2. The second-order valence-electron chi connectivity index (χ2n) is 13.3. The van der Waals surface area contributed by atoms with Crippen LogP contribution in [0.15, 0.2) is 24.3 Å². The zero-order valence-electron chi connectivity index (χ0n) is 26.6. The molecule has 0 saturated heterocycles. The Kier molecular flexibility index (Phi) is 11.8. The molecule has 0 bridgehead atoms. The van der Waals surface area contributed by atoms with Crippen LogP contribution in [0.25, 0.3) is 11.1 Å². The van der Waals surface area contributed by atoms with Crippen LogP contribution in [-0.2, 0) is 17.5 Å². The van der Waals surface area contributed by atoms with Crippen LogP contribution in [0.5, 0.6) is 0 Å². The number of hydrogen-bond donors (Lipinski definition) is 0. The highest BCUT2D eigenvalue weighted by Gasteiger charge is 2.38. The minimum absolute atomic E-state index is 0.120. The van der Waals surface area contributed by atoms with Crippen molar-refractivity contribution in [2.24, 2.45) is 0 Å². The smallest absolute Gasteiger partial charge is 0.192 e. The fourth-order valence-electron chi connectivity index (χ4n) is 5.24. The van der Waals surface area contributed by atoms with Gasteiger partial charge in [-0.1, -0.05) is 99.4 Å². The van der Waals surface area contributed by atoms with Crippen molar-refractivity contribution in [3.05, 3.63) is 52.3 Å². The largest absolute Gasteiger partial charge is 0.412 e. The average Bonchev–Trinajstić information content (AvgIpc) is 2.82. The predicted octanol–water partition coefficient (Wildman–Crippen LogP) is 11.1. The lowest BCUT2D eigenvalue weighted by molar-refractivity contribution is 0.274. The van der Waals surface area contributed by atoms with Crippen molar-refractivity contribution >= 4 is 8.32 Å². The first-order valence-electron chi connectivity index (χ1n) is 15.1. The standard InChI is InChI=1S/C34H56FNOSi/c1-13-15-16-21-29-31(28-20-18-17-19-27(28)26(14-2)25(7)35)30(22-37-38(11,12)34(8,9)10)33(24(5)6)36-32(29)23(3)4/h17-20,23-26H,13-16,21-22H2,1-12H3. The summed E-state index contributed by atoms with van der Waals surface area (Å²) < 4.78 is 21.9. The molecule has 0 saturated carbocycles. The maximum Gasteiger partial charge on any atom is 0.192 e. The Hall–Kier alpha value is -1.52. The van der Waals surface area contributed by atoms with Crippen LogP contribution < -0.4 is 0 Å². The third-order valence-corrected chi connectivity index (χ3v) is 13.1. The van der Waals surface area contributed by atoms with Gasteiger partial charge in [-0.2, -0.15) is 0 Å². The molecule has 0 fully saturated rings. The van der Waals surface area contributed by atoms with E-state index in [9.17, 15) is 0 Å². The van der Waals surface area contributed by atoms with Crippen LogP contribution in [0.4, 0.5) is 4.39 Å². The molecule has 2 aromatic rings. The topological polar surface area (TPSA) is 22.1 Å². The lowest BCUT2D eigenvalue weighted by Crippen LogP contribution is -2.40. The maximum absolute atomic E-state index is 15.0. The van der Waals surface area contributed by atoms with E-state index in [-0.39, 0.29) is 16.9 Å². The van der Waals surface area contributed by atoms with Crippen LogP contribution in [-0.4, -0.2) is 19.5 Å². The molecule has 2 unspecified atom stereocenters. The van der Waals surface area contributed by atoms with E-state index >= 15 is 4.39 Å². The lowest BCUT2D eigenvalue weighted by atomic mass is 9.80. The van der Waals surface area contributed by atoms with Gasteiger partial charge in [0, 0.05) is 22.9 Å². The van der Waals surface area contributed by atoms with Gasteiger partial charge in [0.15, 0.2) is 8.32 Å². The third kappa shape index (κ3) is 7.56. The van der Waals surface area contributed by atoms with E-state index in [0.717, 1.165) is 30.5 Å². The van der Waals surface area contributed by atoms with Crippen LogP contribution in [0, 0.1) is 0 Å². The van der Waals surface area contributed by atoms with Crippen LogP contribution in [0.1, 0.15) is 141 Å². The van der Waals surface area contributed by atoms with Crippen LogP contribution in [0.2, 0.25) is 18.1 Å². The van der Waals surface area contributed by atoms with E-state index in [1.807, 2.05) is 0 Å². The fraction of sp³-hybridized carbons (Fsp3) is 0.676. The second-order valence-corrected chi connectivity index (χ2v) is 18.1. The highest BCUT2D eigenvalue weighted by molar-refractivity contribution is 6.74. The SMILES string of the molecule is CCCCCc1c(C(C)C)nc(C(C)C)c(CO[Si](C)(C)C(C)(C)C)c1-c1ccccc1C(CC)C(C)F. The molecule has 0 N–H and O–H groups in total. The molecular formula is C34H56FNOSi. The van der Waals surface area contributed by atoms with E-state index in [1.54, 1.807) is 6.92 Å². The Bertz CT molecular complexity index is 1040. The zero-order chi connectivity index (χ0) is 28.8. The Morgan fingerprint density at radius 3 is 1.97 bits per heavy atom. The van der Waals surface area contributed by atoms with E-state index in [4.69, 9.17) is 9.41 Å². The van der Waals surface area contributed by atoms with Crippen molar-refractivity contribution in [2.75, 3.05) is 0 Å². The summed E-state index contributed by atoms with van der Waals surface area (Å²) in [5.74, 6) is 0.442. The molecule has 214 valence electrons. The van der Waals surface area contributed by atoms with Crippen molar-refractivity contribution < 1.29 is 8.82 Å². The zero-order valence-corrected chi connectivity index (χ0v) is 27.6. The van der Waals surface area contributed by atoms with E-state index in [2.05, 4.69) is 99.7 Å². The predicted molar refractivity (Wildman–Crippen MR) is 167 cm³/mol. The summed E-state index contributed by atoms with van der Waals surface area (Å²) >= 11 is 0. The van der Waals surface area contributed by atoms with Gasteiger partial charge >= 0.3 is 0 Å². The minimum Gasteiger partial charge on any atom is -0.412 e. The summed E-state index contributed by atoms with van der Waals surface area (Å²) in [4.78, 5) is 5.39. The molecule has 2 rings (SSSR count). The highest BCUT2D eigenvalue weighted by atomic mass is 28.4. The first-order chi connectivity index (χ1) is 17.7. The van der Waals surface area contributed by atoms with Gasteiger partial charge in [0.2, 0.25) is 0 Å². The molecule has 1 heterocycles. The third-order valence-electron chi connectivity index (χ3n) is 8.59. The van der Waals surface area contributed by atoms with Gasteiger partial charge in [-0.25, -0.2) is 4.39 Å². The number of alkyl halides is 1. The Balaban J connectivity index is 2.99. The molecule has 38 heavy (non-hydrogen) atoms. The number of hydrogen-bond acceptors (Lipinski definition) is 2. The molecule has 2 atom stereocenters. The van der Waals surface area contributed by atoms with Crippen molar-refractivity contribution in [3.63, 3.8) is 0 Å². The molecule has 0 aliphatic heterocycles. The molecule has 2 nitrogen and oxygen atoms in total. The summed E-state index contributed by atoms with van der Waals surface area (Å²) in [7, 11) is -2.00. The van der Waals surface area contributed by atoms with Gasteiger partial charge in [-0.15, -0.1) is 0 Å². The quantitative estimate of drug-likeness (QED) is 0.186. The molecule has 4 heteroatoms. The number of pyridine rings is 1. The number of aromatic nitrogens is 1. The summed E-state index contributed by atoms with van der Waals surface area (Å²) in [5.41, 5.74) is 8.47. The van der Waals surface area contributed by atoms with E-state index in [1.165, 1.54) is 40.8 Å². The van der Waals surface area contributed by atoms with Gasteiger partial charge < -0.3 is 4.43 Å². The number of nitrogens with zero attached hydrogens (tertiary/aromatic N) is 1. The minimum atomic E-state index is -2.00. The molecule has 0 aliphatic rings. The average molecular weight is 542 g/mol. The molecule has 0 radical (unpaired) electrons. The van der Waals surface area contributed by atoms with Gasteiger partial charge in [-0.3, -0.25) is 4.98 Å². The first-order valence-corrected chi connectivity index (χ1v) is 18.0. The monoisotopic (exact) mass is 541 g/mol. The summed E-state index contributed by atoms with van der Waals surface area (Å²) in [6.45, 7) is 27.2. The molecule has 0 spiro atoms. The van der Waals surface area contributed by atoms with Crippen LogP contribution >= 0.6 is 0 Å². The highest BCUT2D eigenvalue weighted by Crippen LogP contribution is 2.44. The Labute approximate surface area is 235 Å². The number of halogens is 1. The summed E-state index contributed by atoms with van der Waals surface area (Å²) in [6, 6.07) is 8.56. The Morgan fingerprint density at radius 1 is 0.895 bits per heavy atom. The van der Waals surface area contributed by atoms with Gasteiger partial charge in [-0.05, 0) is 78.4 Å². The molecule has 0 amide bonds. The van der Waals surface area contributed by atoms with E-state index < -0.39 is 14.5 Å². The van der Waals surface area contributed by atoms with Crippen molar-refractivity contribution in [2.45, 2.75) is 150 Å². The fourth-order valence-corrected chi connectivity index (χ4v) is 6.18. The molecular weight excluding hydrogens is 485 g/mol. The van der Waals surface area contributed by atoms with Crippen LogP contribution in [0.3, 0.4) is 0 Å². The number of rotatable bonds is 13. The summed E-state index contributed by atoms with van der Waals surface area (Å²) in [6.07, 6.45) is 4.36. The number of benzene rings is 1. The lowest BCUT2D eigenvalue weighted by Gasteiger charge is -2.37. The molecule has 1 aromatic carbocycles. The van der Waals surface area contributed by atoms with Crippen molar-refractivity contribution in [1.82, 2.24) is 4.98 Å². The second kappa shape index (κ2) is 13.7. The van der Waals surface area contributed by atoms with E-state index in [0.29, 0.717) is 12.5 Å². The van der Waals surface area contributed by atoms with Gasteiger partial charge in [0.25, 0.3) is 0 Å². The van der Waals surface area contributed by atoms with Crippen molar-refractivity contribution in [1.29, 1.82) is 0 Å². The van der Waals surface area contributed by atoms with Crippen molar-refractivity contribution in [3.8, 4) is 11.1 Å². The normalized spacial score (nSPS) is 14.4. The van der Waals surface area contributed by atoms with Gasteiger partial charge in [0.1, 0.15) is 6.17 Å². The van der Waals surface area contributed by atoms with Gasteiger partial charge in [0.05, 0.1) is 6.61 Å². The molecule has 1 aromatic heterocycles. The first kappa shape index (κ1) is 32.7. The maximum atomic E-state index is 15.0.